The van der Waals surface area contributed by atoms with Crippen molar-refractivity contribution in [3.8, 4) is 28.5 Å². The molecule has 0 atom stereocenters. The first-order valence-corrected chi connectivity index (χ1v) is 9.36. The number of ether oxygens (including phenoxy) is 3. The van der Waals surface area contributed by atoms with Crippen molar-refractivity contribution in [3.63, 3.8) is 0 Å². The van der Waals surface area contributed by atoms with E-state index in [1.807, 2.05) is 0 Å². The minimum Gasteiger partial charge on any atom is -0.497 e. The summed E-state index contributed by atoms with van der Waals surface area (Å²) < 4.78 is 15.6. The Morgan fingerprint density at radius 2 is 1.94 bits per heavy atom. The van der Waals surface area contributed by atoms with Gasteiger partial charge in [0.05, 0.1) is 32.0 Å². The number of aromatic nitrogens is 3. The monoisotopic (exact) mass is 440 g/mol. The molecule has 0 aliphatic carbocycles. The van der Waals surface area contributed by atoms with Gasteiger partial charge >= 0.3 is 5.69 Å². The van der Waals surface area contributed by atoms with Crippen LogP contribution in [0.4, 0.5) is 11.6 Å². The van der Waals surface area contributed by atoms with Crippen molar-refractivity contribution in [2.45, 2.75) is 6.92 Å². The van der Waals surface area contributed by atoms with Gasteiger partial charge in [0.1, 0.15) is 5.75 Å². The van der Waals surface area contributed by atoms with Crippen LogP contribution >= 0.6 is 0 Å². The van der Waals surface area contributed by atoms with Crippen molar-refractivity contribution >= 4 is 17.9 Å². The molecule has 0 aliphatic rings. The molecule has 1 heterocycles. The highest BCUT2D eigenvalue weighted by Gasteiger charge is 2.21. The highest BCUT2D eigenvalue weighted by Crippen LogP contribution is 2.37. The van der Waals surface area contributed by atoms with Crippen molar-refractivity contribution in [2.75, 3.05) is 26.3 Å². The fourth-order valence-corrected chi connectivity index (χ4v) is 2.75. The van der Waals surface area contributed by atoms with Crippen LogP contribution in [-0.2, 0) is 0 Å². The Hall–Kier alpha value is -4.48. The Morgan fingerprint density at radius 3 is 2.53 bits per heavy atom. The number of methoxy groups -OCH3 is 2. The summed E-state index contributed by atoms with van der Waals surface area (Å²) in [6.07, 6.45) is 1.31. The zero-order chi connectivity index (χ0) is 23.1. The van der Waals surface area contributed by atoms with Gasteiger partial charge in [-0.05, 0) is 37.3 Å². The molecule has 0 unspecified atom stereocenters. The van der Waals surface area contributed by atoms with Crippen molar-refractivity contribution in [1.29, 1.82) is 0 Å². The van der Waals surface area contributed by atoms with Gasteiger partial charge in [-0.3, -0.25) is 19.9 Å². The third-order valence-corrected chi connectivity index (χ3v) is 4.21. The summed E-state index contributed by atoms with van der Waals surface area (Å²) >= 11 is 0. The second-order valence-corrected chi connectivity index (χ2v) is 6.21. The molecule has 0 saturated heterocycles. The Labute approximate surface area is 182 Å². The quantitative estimate of drug-likeness (QED) is 0.290. The zero-order valence-electron chi connectivity index (χ0n) is 17.5. The number of anilines is 1. The molecule has 0 amide bonds. The fraction of sp³-hybridized carbons (Fsp3) is 0.200. The third-order valence-electron chi connectivity index (χ3n) is 4.21. The molecule has 12 heteroatoms. The molecule has 0 bridgehead atoms. The van der Waals surface area contributed by atoms with E-state index in [-0.39, 0.29) is 35.4 Å². The van der Waals surface area contributed by atoms with E-state index in [9.17, 15) is 14.9 Å². The van der Waals surface area contributed by atoms with Gasteiger partial charge in [0.25, 0.3) is 5.56 Å². The molecule has 0 spiro atoms. The average Bonchev–Trinajstić information content (AvgIpc) is 2.80. The minimum atomic E-state index is -0.570. The molecule has 0 saturated carbocycles. The van der Waals surface area contributed by atoms with Crippen LogP contribution < -0.4 is 25.2 Å². The van der Waals surface area contributed by atoms with Crippen molar-refractivity contribution in [3.05, 3.63) is 62.4 Å². The summed E-state index contributed by atoms with van der Waals surface area (Å²) in [5.41, 5.74) is 2.88. The molecule has 2 aromatic carbocycles. The van der Waals surface area contributed by atoms with Crippen LogP contribution in [0.2, 0.25) is 0 Å². The summed E-state index contributed by atoms with van der Waals surface area (Å²) in [5, 5.41) is 23.1. The summed E-state index contributed by atoms with van der Waals surface area (Å²) in [6.45, 7) is 1.95. The van der Waals surface area contributed by atoms with E-state index in [1.54, 1.807) is 38.3 Å². The van der Waals surface area contributed by atoms with Crippen molar-refractivity contribution in [2.24, 2.45) is 5.10 Å². The molecule has 1 aromatic heterocycles. The van der Waals surface area contributed by atoms with Crippen LogP contribution in [0.3, 0.4) is 0 Å². The van der Waals surface area contributed by atoms with Crippen LogP contribution in [-0.4, -0.2) is 47.1 Å². The van der Waals surface area contributed by atoms with Crippen LogP contribution in [0.5, 0.6) is 17.2 Å². The van der Waals surface area contributed by atoms with Gasteiger partial charge in [-0.15, -0.1) is 10.2 Å². The number of rotatable bonds is 9. The maximum Gasteiger partial charge on any atom is 0.315 e. The zero-order valence-corrected chi connectivity index (χ0v) is 17.5. The number of hydrogen-bond donors (Lipinski definition) is 2. The largest absolute Gasteiger partial charge is 0.497 e. The number of nitro groups is 1. The number of nitrogens with zero attached hydrogens (tertiary/aromatic N) is 4. The Kier molecular flexibility index (Phi) is 6.95. The molecular formula is C20H20N6O6. The molecule has 3 rings (SSSR count). The molecule has 32 heavy (non-hydrogen) atoms. The van der Waals surface area contributed by atoms with E-state index in [0.29, 0.717) is 16.9 Å². The lowest BCUT2D eigenvalue weighted by Crippen LogP contribution is -2.15. The lowest BCUT2D eigenvalue weighted by molar-refractivity contribution is -0.385. The Balaban J connectivity index is 1.79. The van der Waals surface area contributed by atoms with E-state index in [4.69, 9.17) is 14.2 Å². The smallest absolute Gasteiger partial charge is 0.315 e. The molecular weight excluding hydrogens is 420 g/mol. The predicted molar refractivity (Wildman–Crippen MR) is 117 cm³/mol. The molecule has 3 aromatic rings. The van der Waals surface area contributed by atoms with E-state index in [2.05, 4.69) is 25.7 Å². The molecule has 2 N–H and O–H groups in total. The maximum atomic E-state index is 12.3. The second kappa shape index (κ2) is 10.0. The van der Waals surface area contributed by atoms with Gasteiger partial charge in [-0.25, -0.2) is 5.43 Å². The number of H-pyrrole nitrogens is 1. The first kappa shape index (κ1) is 22.2. The first-order valence-electron chi connectivity index (χ1n) is 9.36. The fourth-order valence-electron chi connectivity index (χ4n) is 2.75. The summed E-state index contributed by atoms with van der Waals surface area (Å²) in [5.74, 6) is 0.877. The first-order chi connectivity index (χ1) is 15.5. The molecule has 0 fully saturated rings. The lowest BCUT2D eigenvalue weighted by atomic mass is 10.1. The van der Waals surface area contributed by atoms with E-state index in [1.165, 1.54) is 25.5 Å². The van der Waals surface area contributed by atoms with Crippen LogP contribution in [0.1, 0.15) is 12.5 Å². The highest BCUT2D eigenvalue weighted by atomic mass is 16.6. The van der Waals surface area contributed by atoms with Gasteiger partial charge in [-0.2, -0.15) is 5.10 Å². The normalized spacial score (nSPS) is 10.7. The predicted octanol–water partition coefficient (Wildman–Crippen LogP) is 2.60. The van der Waals surface area contributed by atoms with Crippen LogP contribution in [0.15, 0.2) is 46.3 Å². The van der Waals surface area contributed by atoms with E-state index < -0.39 is 10.5 Å². The van der Waals surface area contributed by atoms with Gasteiger partial charge in [0.2, 0.25) is 11.7 Å². The SMILES string of the molecule is CCOc1c(OC)cc(/C=N/Nc2nnc(-c3ccc(OC)cc3)c(=O)[nH]2)cc1[N+](=O)[O-]. The summed E-state index contributed by atoms with van der Waals surface area (Å²) in [6, 6.07) is 9.61. The highest BCUT2D eigenvalue weighted by molar-refractivity contribution is 5.83. The second-order valence-electron chi connectivity index (χ2n) is 6.21. The minimum absolute atomic E-state index is 0.00378. The third kappa shape index (κ3) is 4.98. The summed E-state index contributed by atoms with van der Waals surface area (Å²) in [7, 11) is 2.93. The molecule has 0 radical (unpaired) electrons. The topological polar surface area (TPSA) is 154 Å². The summed E-state index contributed by atoms with van der Waals surface area (Å²) in [4.78, 5) is 25.7. The number of hydrogen-bond acceptors (Lipinski definition) is 10. The standard InChI is InChI=1S/C20H20N6O6/c1-4-32-18-15(26(28)29)9-12(10-16(18)31-3)11-21-24-20-22-19(27)17(23-25-20)13-5-7-14(30-2)8-6-13/h5-11H,4H2,1-3H3,(H2,22,24,25,27)/b21-11+. The number of nitrogens with one attached hydrogen (secondary N) is 2. The molecule has 166 valence electrons. The number of benzene rings is 2. The number of hydrazone groups is 1. The number of aromatic amines is 1. The van der Waals surface area contributed by atoms with Crippen molar-refractivity contribution in [1.82, 2.24) is 15.2 Å². The Morgan fingerprint density at radius 1 is 1.19 bits per heavy atom. The van der Waals surface area contributed by atoms with E-state index in [0.717, 1.165) is 0 Å². The Bertz CT molecular complexity index is 1190. The van der Waals surface area contributed by atoms with Gasteiger partial charge in [0, 0.05) is 17.2 Å². The van der Waals surface area contributed by atoms with E-state index >= 15 is 0 Å². The van der Waals surface area contributed by atoms with Gasteiger partial charge in [-0.1, -0.05) is 0 Å². The maximum absolute atomic E-state index is 12.3. The van der Waals surface area contributed by atoms with Gasteiger partial charge in [0.15, 0.2) is 11.4 Å². The van der Waals surface area contributed by atoms with Crippen molar-refractivity contribution < 1.29 is 19.1 Å². The van der Waals surface area contributed by atoms with Crippen LogP contribution in [0.25, 0.3) is 11.3 Å². The lowest BCUT2D eigenvalue weighted by Gasteiger charge is -2.10. The average molecular weight is 440 g/mol. The van der Waals surface area contributed by atoms with Gasteiger partial charge < -0.3 is 14.2 Å². The number of nitro benzene ring substituents is 1. The molecule has 12 nitrogen and oxygen atoms in total. The van der Waals surface area contributed by atoms with Crippen LogP contribution in [0, 0.1) is 10.1 Å². The molecule has 0 aliphatic heterocycles.